The van der Waals surface area contributed by atoms with Crippen molar-refractivity contribution in [3.8, 4) is 10.6 Å². The van der Waals surface area contributed by atoms with E-state index in [1.165, 1.54) is 30.6 Å². The third kappa shape index (κ3) is 7.94. The first-order valence-corrected chi connectivity index (χ1v) is 14.6. The molecule has 0 saturated carbocycles. The predicted octanol–water partition coefficient (Wildman–Crippen LogP) is 4.16. The van der Waals surface area contributed by atoms with Crippen molar-refractivity contribution < 1.29 is 27.3 Å². The van der Waals surface area contributed by atoms with Crippen LogP contribution < -0.4 is 10.0 Å². The number of hydrogen-bond donors (Lipinski definition) is 3. The zero-order valence-electron chi connectivity index (χ0n) is 21.8. The number of nitrogens with zero attached hydrogens (tertiary/aromatic N) is 2. The van der Waals surface area contributed by atoms with Gasteiger partial charge in [-0.25, -0.2) is 4.98 Å². The summed E-state index contributed by atoms with van der Waals surface area (Å²) in [5.41, 5.74) is 4.07. The fourth-order valence-electron chi connectivity index (χ4n) is 4.04. The summed E-state index contributed by atoms with van der Waals surface area (Å²) < 4.78 is 38.2. The van der Waals surface area contributed by atoms with Crippen molar-refractivity contribution in [3.05, 3.63) is 101 Å². The highest BCUT2D eigenvalue weighted by Crippen LogP contribution is 2.28. The van der Waals surface area contributed by atoms with E-state index >= 15 is 0 Å². The quantitative estimate of drug-likeness (QED) is 0.136. The number of thiazole rings is 1. The van der Waals surface area contributed by atoms with E-state index in [1.54, 1.807) is 18.3 Å². The smallest absolute Gasteiger partial charge is 0.357 e. The van der Waals surface area contributed by atoms with Gasteiger partial charge in [-0.05, 0) is 55.2 Å². The second kappa shape index (κ2) is 12.8. The molecule has 0 bridgehead atoms. The molecule has 40 heavy (non-hydrogen) atoms. The molecule has 0 unspecified atom stereocenters. The molecule has 10 nitrogen and oxygen atoms in total. The number of ether oxygens (including phenoxy) is 1. The number of pyridine rings is 1. The van der Waals surface area contributed by atoms with Crippen LogP contribution in [0.1, 0.15) is 28.6 Å². The summed E-state index contributed by atoms with van der Waals surface area (Å²) >= 11 is 1.41. The zero-order valence-corrected chi connectivity index (χ0v) is 23.4. The second-order valence-corrected chi connectivity index (χ2v) is 11.1. The van der Waals surface area contributed by atoms with E-state index in [4.69, 9.17) is 14.3 Å². The van der Waals surface area contributed by atoms with Gasteiger partial charge in [-0.2, -0.15) is 8.42 Å². The van der Waals surface area contributed by atoms with Crippen LogP contribution >= 0.6 is 11.3 Å². The van der Waals surface area contributed by atoms with E-state index in [0.29, 0.717) is 12.1 Å². The lowest BCUT2D eigenvalue weighted by Crippen LogP contribution is -2.40. The Hall–Kier alpha value is -4.13. The average molecular weight is 581 g/mol. The molecule has 0 saturated heterocycles. The van der Waals surface area contributed by atoms with Crippen LogP contribution in [0.4, 0.5) is 5.69 Å². The summed E-state index contributed by atoms with van der Waals surface area (Å²) in [5.74, 6) is -2.22. The second-order valence-electron chi connectivity index (χ2n) is 9.07. The van der Waals surface area contributed by atoms with E-state index in [0.717, 1.165) is 27.4 Å². The van der Waals surface area contributed by atoms with Crippen LogP contribution in [0.5, 0.6) is 0 Å². The largest absolute Gasteiger partial charge is 0.468 e. The minimum atomic E-state index is -4.41. The van der Waals surface area contributed by atoms with Crippen molar-refractivity contribution in [2.24, 2.45) is 5.92 Å². The van der Waals surface area contributed by atoms with Gasteiger partial charge in [-0.3, -0.25) is 23.8 Å². The van der Waals surface area contributed by atoms with E-state index in [-0.39, 0.29) is 12.1 Å². The lowest BCUT2D eigenvalue weighted by molar-refractivity contribution is -0.150. The standard InChI is InChI=1S/C28H28N4O6S2/c1-18-8-11-21(16-29-18)27-31-25(17-39-27)24(15-20-9-12-22(13-10-20)32-40(35,36)37)30-26(33)23(28(34)38-2)14-19-6-4-3-5-7-19/h3-13,16-17,23-24,32H,14-15H2,1-2H3,(H,30,33)(H,35,36,37)/t23-,24-/m0/s1. The van der Waals surface area contributed by atoms with E-state index < -0.39 is 34.1 Å². The highest BCUT2D eigenvalue weighted by molar-refractivity contribution is 7.87. The van der Waals surface area contributed by atoms with Gasteiger partial charge in [0.05, 0.1) is 24.5 Å². The Kier molecular flexibility index (Phi) is 9.25. The Morgan fingerprint density at radius 2 is 1.70 bits per heavy atom. The molecule has 1 amide bonds. The Labute approximate surface area is 236 Å². The van der Waals surface area contributed by atoms with Crippen molar-refractivity contribution in [1.29, 1.82) is 0 Å². The Morgan fingerprint density at radius 1 is 1.00 bits per heavy atom. The number of aryl methyl sites for hydroxylation is 1. The molecule has 2 aromatic heterocycles. The van der Waals surface area contributed by atoms with Crippen LogP contribution in [0.15, 0.2) is 78.3 Å². The number of carbonyl (C=O) groups is 2. The lowest BCUT2D eigenvalue weighted by Gasteiger charge is -2.21. The fraction of sp³-hybridized carbons (Fsp3) is 0.214. The minimum Gasteiger partial charge on any atom is -0.468 e. The van der Waals surface area contributed by atoms with Crippen LogP contribution in [0.3, 0.4) is 0 Å². The highest BCUT2D eigenvalue weighted by Gasteiger charge is 2.30. The lowest BCUT2D eigenvalue weighted by atomic mass is 9.97. The van der Waals surface area contributed by atoms with Gasteiger partial charge >= 0.3 is 16.3 Å². The maximum Gasteiger partial charge on any atom is 0.357 e. The molecule has 0 aliphatic rings. The monoisotopic (exact) mass is 580 g/mol. The number of aromatic nitrogens is 2. The van der Waals surface area contributed by atoms with Crippen LogP contribution in [-0.4, -0.2) is 41.9 Å². The average Bonchev–Trinajstić information content (AvgIpc) is 3.42. The van der Waals surface area contributed by atoms with Crippen molar-refractivity contribution in [1.82, 2.24) is 15.3 Å². The van der Waals surface area contributed by atoms with Crippen molar-refractivity contribution in [2.45, 2.75) is 25.8 Å². The summed E-state index contributed by atoms with van der Waals surface area (Å²) in [6.07, 6.45) is 2.20. The van der Waals surface area contributed by atoms with Crippen LogP contribution in [0.25, 0.3) is 10.6 Å². The van der Waals surface area contributed by atoms with Gasteiger partial charge in [0.15, 0.2) is 0 Å². The maximum absolute atomic E-state index is 13.5. The summed E-state index contributed by atoms with van der Waals surface area (Å²) in [4.78, 5) is 35.2. The van der Waals surface area contributed by atoms with E-state index in [1.807, 2.05) is 59.5 Å². The molecule has 0 fully saturated rings. The maximum atomic E-state index is 13.5. The first-order valence-electron chi connectivity index (χ1n) is 12.3. The third-order valence-electron chi connectivity index (χ3n) is 6.08. The molecule has 2 atom stereocenters. The number of esters is 1. The molecule has 208 valence electrons. The molecule has 0 aliphatic carbocycles. The van der Waals surface area contributed by atoms with Gasteiger partial charge in [-0.15, -0.1) is 11.3 Å². The molecule has 0 spiro atoms. The number of hydrogen-bond acceptors (Lipinski definition) is 8. The molecule has 0 radical (unpaired) electrons. The van der Waals surface area contributed by atoms with Crippen molar-refractivity contribution in [3.63, 3.8) is 0 Å². The van der Waals surface area contributed by atoms with Gasteiger partial charge in [0.25, 0.3) is 0 Å². The number of nitrogens with one attached hydrogen (secondary N) is 2. The van der Waals surface area contributed by atoms with Gasteiger partial charge in [-0.1, -0.05) is 42.5 Å². The molecule has 4 rings (SSSR count). The Morgan fingerprint density at radius 3 is 2.33 bits per heavy atom. The van der Waals surface area contributed by atoms with Crippen LogP contribution in [0, 0.1) is 12.8 Å². The molecule has 4 aromatic rings. The summed E-state index contributed by atoms with van der Waals surface area (Å²) in [7, 11) is -3.16. The van der Waals surface area contributed by atoms with Crippen molar-refractivity contribution in [2.75, 3.05) is 11.8 Å². The van der Waals surface area contributed by atoms with Gasteiger partial charge < -0.3 is 10.1 Å². The van der Waals surface area contributed by atoms with Gasteiger partial charge in [0.2, 0.25) is 5.91 Å². The third-order valence-corrected chi connectivity index (χ3v) is 7.48. The summed E-state index contributed by atoms with van der Waals surface area (Å²) in [6, 6.07) is 18.7. The first kappa shape index (κ1) is 28.9. The van der Waals surface area contributed by atoms with E-state index in [9.17, 15) is 18.0 Å². The molecular formula is C28H28N4O6S2. The molecule has 2 aromatic carbocycles. The SMILES string of the molecule is COC(=O)[C@@H](Cc1ccccc1)C(=O)N[C@@H](Cc1ccc(NS(=O)(=O)O)cc1)c1csc(-c2ccc(C)nc2)n1. The number of methoxy groups -OCH3 is 1. The van der Waals surface area contributed by atoms with Crippen LogP contribution in [0.2, 0.25) is 0 Å². The summed E-state index contributed by atoms with van der Waals surface area (Å²) in [6.45, 7) is 1.90. The molecular weight excluding hydrogens is 552 g/mol. The number of amides is 1. The van der Waals surface area contributed by atoms with Crippen molar-refractivity contribution >= 4 is 39.2 Å². The highest BCUT2D eigenvalue weighted by atomic mass is 32.2. The first-order chi connectivity index (χ1) is 19.1. The number of benzene rings is 2. The normalized spacial score (nSPS) is 12.8. The molecule has 0 aliphatic heterocycles. The van der Waals surface area contributed by atoms with Crippen LogP contribution in [-0.2, 0) is 37.5 Å². The van der Waals surface area contributed by atoms with Gasteiger partial charge in [0.1, 0.15) is 10.9 Å². The predicted molar refractivity (Wildman–Crippen MR) is 152 cm³/mol. The molecule has 2 heterocycles. The number of anilines is 1. The van der Waals surface area contributed by atoms with Gasteiger partial charge in [0, 0.05) is 22.8 Å². The molecule has 12 heteroatoms. The Bertz CT molecular complexity index is 1560. The fourth-order valence-corrected chi connectivity index (χ4v) is 5.34. The van der Waals surface area contributed by atoms with E-state index in [2.05, 4.69) is 10.3 Å². The summed E-state index contributed by atoms with van der Waals surface area (Å²) in [5, 5.41) is 5.55. The zero-order chi connectivity index (χ0) is 28.7. The number of carbonyl (C=O) groups excluding carboxylic acids is 2. The molecule has 3 N–H and O–H groups in total. The minimum absolute atomic E-state index is 0.166. The Balaban J connectivity index is 1.61. The topological polar surface area (TPSA) is 148 Å². The number of rotatable bonds is 11.